The Labute approximate surface area is 149 Å². The molecule has 2 saturated heterocycles. The summed E-state index contributed by atoms with van der Waals surface area (Å²) in [6, 6.07) is 1.74. The van der Waals surface area contributed by atoms with Gasteiger partial charge in [-0.15, -0.1) is 0 Å². The van der Waals surface area contributed by atoms with Gasteiger partial charge in [-0.1, -0.05) is 0 Å². The van der Waals surface area contributed by atoms with Gasteiger partial charge in [-0.2, -0.15) is 5.10 Å². The average molecular weight is 400 g/mol. The van der Waals surface area contributed by atoms with Crippen LogP contribution in [0.25, 0.3) is 0 Å². The second kappa shape index (κ2) is 7.65. The van der Waals surface area contributed by atoms with Crippen molar-refractivity contribution in [3.63, 3.8) is 0 Å². The molecule has 1 atom stereocenters. The van der Waals surface area contributed by atoms with Gasteiger partial charge in [0.05, 0.1) is 13.0 Å². The van der Waals surface area contributed by atoms with Gasteiger partial charge in [-0.25, -0.2) is 4.68 Å². The standard InChI is InChI=1S/C16H22BrN3O4/c1-23-16(22)11-5-7-19(8-6-11)15(21)12-10-13(17)20(18-12)14-4-2-3-9-24-14/h10-11,14H,2-9H2,1H3. The summed E-state index contributed by atoms with van der Waals surface area (Å²) >= 11 is 3.47. The van der Waals surface area contributed by atoms with E-state index in [-0.39, 0.29) is 24.0 Å². The van der Waals surface area contributed by atoms with E-state index in [0.717, 1.165) is 30.5 Å². The molecular formula is C16H22BrN3O4. The molecule has 0 bridgehead atoms. The maximum Gasteiger partial charge on any atom is 0.308 e. The second-order valence-electron chi connectivity index (χ2n) is 6.21. The summed E-state index contributed by atoms with van der Waals surface area (Å²) in [7, 11) is 1.40. The number of methoxy groups -OCH3 is 1. The van der Waals surface area contributed by atoms with Crippen molar-refractivity contribution < 1.29 is 19.1 Å². The van der Waals surface area contributed by atoms with Crippen LogP contribution in [-0.4, -0.2) is 53.4 Å². The molecule has 3 heterocycles. The van der Waals surface area contributed by atoms with Gasteiger partial charge in [-0.05, 0) is 48.0 Å². The maximum atomic E-state index is 12.7. The fraction of sp³-hybridized carbons (Fsp3) is 0.688. The molecule has 0 aromatic carbocycles. The molecular weight excluding hydrogens is 378 g/mol. The Balaban J connectivity index is 1.64. The smallest absolute Gasteiger partial charge is 0.308 e. The van der Waals surface area contributed by atoms with Gasteiger partial charge in [0, 0.05) is 25.8 Å². The van der Waals surface area contributed by atoms with Crippen LogP contribution in [0.3, 0.4) is 0 Å². The van der Waals surface area contributed by atoms with Crippen molar-refractivity contribution in [1.82, 2.24) is 14.7 Å². The number of halogens is 1. The van der Waals surface area contributed by atoms with Crippen LogP contribution in [0.4, 0.5) is 0 Å². The Kier molecular flexibility index (Phi) is 5.55. The number of ether oxygens (including phenoxy) is 2. The fourth-order valence-electron chi connectivity index (χ4n) is 3.24. The van der Waals surface area contributed by atoms with Crippen LogP contribution in [0.15, 0.2) is 10.7 Å². The number of aromatic nitrogens is 2. The lowest BCUT2D eigenvalue weighted by molar-refractivity contribution is -0.146. The van der Waals surface area contributed by atoms with E-state index in [1.54, 1.807) is 15.6 Å². The number of rotatable bonds is 3. The van der Waals surface area contributed by atoms with Gasteiger partial charge in [0.15, 0.2) is 11.9 Å². The summed E-state index contributed by atoms with van der Waals surface area (Å²) in [5, 5.41) is 4.44. The molecule has 0 N–H and O–H groups in total. The highest BCUT2D eigenvalue weighted by Crippen LogP contribution is 2.27. The molecule has 0 radical (unpaired) electrons. The van der Waals surface area contributed by atoms with E-state index in [2.05, 4.69) is 21.0 Å². The predicted octanol–water partition coefficient (Wildman–Crippen LogP) is 2.37. The number of carbonyl (C=O) groups excluding carboxylic acids is 2. The first-order chi connectivity index (χ1) is 11.6. The monoisotopic (exact) mass is 399 g/mol. The normalized spacial score (nSPS) is 22.4. The first-order valence-corrected chi connectivity index (χ1v) is 9.13. The molecule has 1 amide bonds. The zero-order chi connectivity index (χ0) is 17.1. The van der Waals surface area contributed by atoms with E-state index in [9.17, 15) is 9.59 Å². The maximum absolute atomic E-state index is 12.7. The molecule has 3 rings (SSSR count). The first-order valence-electron chi connectivity index (χ1n) is 8.34. The van der Waals surface area contributed by atoms with Gasteiger partial charge in [-0.3, -0.25) is 9.59 Å². The van der Waals surface area contributed by atoms with E-state index in [1.165, 1.54) is 7.11 Å². The van der Waals surface area contributed by atoms with Gasteiger partial charge in [0.25, 0.3) is 5.91 Å². The fourth-order valence-corrected chi connectivity index (χ4v) is 3.77. The third-order valence-corrected chi connectivity index (χ3v) is 5.25. The molecule has 24 heavy (non-hydrogen) atoms. The number of hydrogen-bond donors (Lipinski definition) is 0. The Morgan fingerprint density at radius 3 is 2.67 bits per heavy atom. The first kappa shape index (κ1) is 17.4. The third kappa shape index (κ3) is 3.64. The molecule has 2 aliphatic rings. The lowest BCUT2D eigenvalue weighted by Gasteiger charge is -2.30. The predicted molar refractivity (Wildman–Crippen MR) is 89.4 cm³/mol. The van der Waals surface area contributed by atoms with Crippen molar-refractivity contribution in [2.75, 3.05) is 26.8 Å². The van der Waals surface area contributed by atoms with Gasteiger partial charge < -0.3 is 14.4 Å². The van der Waals surface area contributed by atoms with Crippen LogP contribution in [0.5, 0.6) is 0 Å². The molecule has 132 valence electrons. The lowest BCUT2D eigenvalue weighted by atomic mass is 9.97. The molecule has 0 aliphatic carbocycles. The van der Waals surface area contributed by atoms with Crippen LogP contribution >= 0.6 is 15.9 Å². The van der Waals surface area contributed by atoms with Crippen molar-refractivity contribution in [3.05, 3.63) is 16.4 Å². The zero-order valence-corrected chi connectivity index (χ0v) is 15.3. The summed E-state index contributed by atoms with van der Waals surface area (Å²) in [4.78, 5) is 26.0. The zero-order valence-electron chi connectivity index (χ0n) is 13.7. The highest BCUT2D eigenvalue weighted by Gasteiger charge is 2.30. The molecule has 0 saturated carbocycles. The minimum absolute atomic E-state index is 0.103. The van der Waals surface area contributed by atoms with Crippen LogP contribution in [0.2, 0.25) is 0 Å². The largest absolute Gasteiger partial charge is 0.469 e. The Bertz CT molecular complexity index is 604. The Hall–Kier alpha value is -1.41. The number of amides is 1. The Morgan fingerprint density at radius 1 is 1.29 bits per heavy atom. The number of esters is 1. The van der Waals surface area contributed by atoms with Crippen molar-refractivity contribution >= 4 is 27.8 Å². The third-order valence-electron chi connectivity index (χ3n) is 4.65. The second-order valence-corrected chi connectivity index (χ2v) is 7.02. The molecule has 1 unspecified atom stereocenters. The molecule has 2 fully saturated rings. The van der Waals surface area contributed by atoms with E-state index in [1.807, 2.05) is 0 Å². The van der Waals surface area contributed by atoms with E-state index in [4.69, 9.17) is 9.47 Å². The van der Waals surface area contributed by atoms with Crippen LogP contribution in [-0.2, 0) is 14.3 Å². The minimum Gasteiger partial charge on any atom is -0.469 e. The summed E-state index contributed by atoms with van der Waals surface area (Å²) in [5.41, 5.74) is 0.410. The molecule has 7 nitrogen and oxygen atoms in total. The molecule has 1 aromatic rings. The summed E-state index contributed by atoms with van der Waals surface area (Å²) in [5.74, 6) is -0.406. The number of nitrogens with zero attached hydrogens (tertiary/aromatic N) is 3. The summed E-state index contributed by atoms with van der Waals surface area (Å²) in [6.45, 7) is 1.81. The number of carbonyl (C=O) groups is 2. The topological polar surface area (TPSA) is 73.7 Å². The SMILES string of the molecule is COC(=O)C1CCN(C(=O)c2cc(Br)n(C3CCCCO3)n2)CC1. The molecule has 1 aromatic heterocycles. The van der Waals surface area contributed by atoms with Gasteiger partial charge in [0.1, 0.15) is 4.60 Å². The van der Waals surface area contributed by atoms with Crippen LogP contribution in [0, 0.1) is 5.92 Å². The average Bonchev–Trinajstić information content (AvgIpc) is 3.03. The van der Waals surface area contributed by atoms with Crippen molar-refractivity contribution in [3.8, 4) is 0 Å². The highest BCUT2D eigenvalue weighted by molar-refractivity contribution is 9.10. The lowest BCUT2D eigenvalue weighted by Crippen LogP contribution is -2.40. The van der Waals surface area contributed by atoms with Crippen LogP contribution < -0.4 is 0 Å². The number of piperidine rings is 1. The summed E-state index contributed by atoms with van der Waals surface area (Å²) < 4.78 is 13.0. The molecule has 2 aliphatic heterocycles. The van der Waals surface area contributed by atoms with Gasteiger partial charge >= 0.3 is 5.97 Å². The number of hydrogen-bond acceptors (Lipinski definition) is 5. The molecule has 8 heteroatoms. The quantitative estimate of drug-likeness (QED) is 0.729. The number of likely N-dealkylation sites (tertiary alicyclic amines) is 1. The van der Waals surface area contributed by atoms with E-state index in [0.29, 0.717) is 31.6 Å². The molecule has 0 spiro atoms. The van der Waals surface area contributed by atoms with E-state index >= 15 is 0 Å². The van der Waals surface area contributed by atoms with Crippen molar-refractivity contribution in [1.29, 1.82) is 0 Å². The van der Waals surface area contributed by atoms with Crippen molar-refractivity contribution in [2.24, 2.45) is 5.92 Å². The minimum atomic E-state index is -0.191. The highest BCUT2D eigenvalue weighted by atomic mass is 79.9. The van der Waals surface area contributed by atoms with E-state index < -0.39 is 0 Å². The Morgan fingerprint density at radius 2 is 2.04 bits per heavy atom. The summed E-state index contributed by atoms with van der Waals surface area (Å²) in [6.07, 6.45) is 4.22. The van der Waals surface area contributed by atoms with Gasteiger partial charge in [0.2, 0.25) is 0 Å². The van der Waals surface area contributed by atoms with Crippen molar-refractivity contribution in [2.45, 2.75) is 38.3 Å². The van der Waals surface area contributed by atoms with Crippen LogP contribution in [0.1, 0.15) is 48.8 Å².